The minimum atomic E-state index is -0.267. The van der Waals surface area contributed by atoms with Crippen molar-refractivity contribution in [1.82, 2.24) is 0 Å². The van der Waals surface area contributed by atoms with Gasteiger partial charge in [0.2, 0.25) is 5.91 Å². The van der Waals surface area contributed by atoms with Crippen LogP contribution in [0.4, 0.5) is 11.4 Å². The number of carbonyl (C=O) groups excluding carboxylic acids is 2. The van der Waals surface area contributed by atoms with E-state index in [9.17, 15) is 9.59 Å². The molecule has 1 aliphatic heterocycles. The summed E-state index contributed by atoms with van der Waals surface area (Å²) in [5.41, 5.74) is 1.79. The van der Waals surface area contributed by atoms with Gasteiger partial charge in [-0.1, -0.05) is 29.3 Å². The number of halogens is 2. The first-order chi connectivity index (χ1) is 11.0. The summed E-state index contributed by atoms with van der Waals surface area (Å²) in [4.78, 5) is 25.9. The van der Waals surface area contributed by atoms with Crippen molar-refractivity contribution in [2.75, 3.05) is 16.8 Å². The molecule has 0 aromatic heterocycles. The van der Waals surface area contributed by atoms with Gasteiger partial charge in [0.05, 0.1) is 10.0 Å². The minimum Gasteiger partial charge on any atom is -0.322 e. The van der Waals surface area contributed by atoms with E-state index in [1.807, 2.05) is 6.07 Å². The lowest BCUT2D eigenvalue weighted by molar-refractivity contribution is -0.117. The van der Waals surface area contributed by atoms with E-state index in [0.29, 0.717) is 34.3 Å². The second-order valence-corrected chi connectivity index (χ2v) is 6.10. The predicted molar refractivity (Wildman–Crippen MR) is 92.4 cm³/mol. The van der Waals surface area contributed by atoms with Crippen LogP contribution in [-0.2, 0) is 4.79 Å². The monoisotopic (exact) mass is 348 g/mol. The van der Waals surface area contributed by atoms with E-state index in [1.165, 1.54) is 0 Å². The van der Waals surface area contributed by atoms with Crippen LogP contribution < -0.4 is 10.2 Å². The van der Waals surface area contributed by atoms with Crippen molar-refractivity contribution >= 4 is 46.4 Å². The molecule has 1 aliphatic rings. The van der Waals surface area contributed by atoms with E-state index >= 15 is 0 Å². The van der Waals surface area contributed by atoms with E-state index < -0.39 is 0 Å². The highest BCUT2D eigenvalue weighted by Gasteiger charge is 2.22. The Morgan fingerprint density at radius 1 is 1.09 bits per heavy atom. The first-order valence-corrected chi connectivity index (χ1v) is 7.97. The molecule has 1 N–H and O–H groups in total. The average molecular weight is 349 g/mol. The largest absolute Gasteiger partial charge is 0.322 e. The SMILES string of the molecule is O=C(Nc1ccc(Cl)c(Cl)c1)c1cccc(N2CCCC2=O)c1. The molecule has 0 unspecified atom stereocenters. The van der Waals surface area contributed by atoms with Crippen LogP contribution in [0.2, 0.25) is 10.0 Å². The van der Waals surface area contributed by atoms with Gasteiger partial charge < -0.3 is 10.2 Å². The number of nitrogens with one attached hydrogen (secondary N) is 1. The van der Waals surface area contributed by atoms with E-state index in [-0.39, 0.29) is 11.8 Å². The predicted octanol–water partition coefficient (Wildman–Crippen LogP) is 4.37. The minimum absolute atomic E-state index is 0.0899. The summed E-state index contributed by atoms with van der Waals surface area (Å²) in [6.07, 6.45) is 1.40. The molecule has 1 fully saturated rings. The molecular weight excluding hydrogens is 335 g/mol. The van der Waals surface area contributed by atoms with Crippen LogP contribution in [0.25, 0.3) is 0 Å². The van der Waals surface area contributed by atoms with E-state index in [4.69, 9.17) is 23.2 Å². The van der Waals surface area contributed by atoms with Gasteiger partial charge in [0.25, 0.3) is 5.91 Å². The van der Waals surface area contributed by atoms with Crippen LogP contribution >= 0.6 is 23.2 Å². The molecule has 2 aromatic carbocycles. The quantitative estimate of drug-likeness (QED) is 0.894. The normalized spacial score (nSPS) is 14.2. The zero-order chi connectivity index (χ0) is 16.4. The number of hydrogen-bond donors (Lipinski definition) is 1. The molecule has 0 atom stereocenters. The van der Waals surface area contributed by atoms with Gasteiger partial charge in [-0.2, -0.15) is 0 Å². The third kappa shape index (κ3) is 3.49. The first-order valence-electron chi connectivity index (χ1n) is 7.21. The summed E-state index contributed by atoms with van der Waals surface area (Å²) in [5.74, 6) is -0.177. The topological polar surface area (TPSA) is 49.4 Å². The van der Waals surface area contributed by atoms with Gasteiger partial charge in [0.15, 0.2) is 0 Å². The van der Waals surface area contributed by atoms with Crippen molar-refractivity contribution in [2.45, 2.75) is 12.8 Å². The molecule has 4 nitrogen and oxygen atoms in total. The van der Waals surface area contributed by atoms with Crippen LogP contribution in [0, 0.1) is 0 Å². The average Bonchev–Trinajstić information content (AvgIpc) is 2.97. The molecule has 0 radical (unpaired) electrons. The van der Waals surface area contributed by atoms with Gasteiger partial charge in [0, 0.05) is 29.9 Å². The van der Waals surface area contributed by atoms with E-state index in [0.717, 1.165) is 12.1 Å². The third-order valence-corrected chi connectivity index (χ3v) is 4.41. The third-order valence-electron chi connectivity index (χ3n) is 3.67. The lowest BCUT2D eigenvalue weighted by atomic mass is 10.1. The fourth-order valence-electron chi connectivity index (χ4n) is 2.51. The number of hydrogen-bond acceptors (Lipinski definition) is 2. The Morgan fingerprint density at radius 2 is 1.91 bits per heavy atom. The van der Waals surface area contributed by atoms with Crippen LogP contribution in [0.1, 0.15) is 23.2 Å². The molecule has 1 saturated heterocycles. The van der Waals surface area contributed by atoms with Crippen LogP contribution in [0.15, 0.2) is 42.5 Å². The summed E-state index contributed by atoms with van der Waals surface area (Å²) in [5, 5.41) is 3.58. The van der Waals surface area contributed by atoms with Gasteiger partial charge in [-0.15, -0.1) is 0 Å². The maximum atomic E-state index is 12.4. The first kappa shape index (κ1) is 15.8. The Hall–Kier alpha value is -2.04. The summed E-state index contributed by atoms with van der Waals surface area (Å²) >= 11 is 11.8. The van der Waals surface area contributed by atoms with Gasteiger partial charge in [-0.05, 0) is 42.8 Å². The molecule has 118 valence electrons. The van der Waals surface area contributed by atoms with Gasteiger partial charge >= 0.3 is 0 Å². The molecule has 2 aromatic rings. The highest BCUT2D eigenvalue weighted by atomic mass is 35.5. The molecule has 0 aliphatic carbocycles. The molecular formula is C17H14Cl2N2O2. The van der Waals surface area contributed by atoms with E-state index in [1.54, 1.807) is 41.3 Å². The summed E-state index contributed by atoms with van der Waals surface area (Å²) < 4.78 is 0. The van der Waals surface area contributed by atoms with Crippen molar-refractivity contribution in [1.29, 1.82) is 0 Å². The summed E-state index contributed by atoms with van der Waals surface area (Å²) in [6, 6.07) is 11.9. The molecule has 0 bridgehead atoms. The Balaban J connectivity index is 1.79. The van der Waals surface area contributed by atoms with Gasteiger partial charge in [-0.3, -0.25) is 9.59 Å². The van der Waals surface area contributed by atoms with Gasteiger partial charge in [-0.25, -0.2) is 0 Å². The molecule has 2 amide bonds. The van der Waals surface area contributed by atoms with Crippen LogP contribution in [-0.4, -0.2) is 18.4 Å². The number of benzene rings is 2. The number of anilines is 2. The van der Waals surface area contributed by atoms with Crippen LogP contribution in [0.5, 0.6) is 0 Å². The number of carbonyl (C=O) groups is 2. The van der Waals surface area contributed by atoms with E-state index in [2.05, 4.69) is 5.32 Å². The number of nitrogens with zero attached hydrogens (tertiary/aromatic N) is 1. The molecule has 0 saturated carbocycles. The smallest absolute Gasteiger partial charge is 0.255 e. The van der Waals surface area contributed by atoms with Gasteiger partial charge in [0.1, 0.15) is 0 Å². The highest BCUT2D eigenvalue weighted by Crippen LogP contribution is 2.26. The Kier molecular flexibility index (Phi) is 4.55. The molecule has 0 spiro atoms. The zero-order valence-electron chi connectivity index (χ0n) is 12.2. The standard InChI is InChI=1S/C17H14Cl2N2O2/c18-14-7-6-12(10-15(14)19)20-17(23)11-3-1-4-13(9-11)21-8-2-5-16(21)22/h1,3-4,6-7,9-10H,2,5,8H2,(H,20,23). The number of rotatable bonds is 3. The lowest BCUT2D eigenvalue weighted by Gasteiger charge is -2.16. The van der Waals surface area contributed by atoms with Crippen molar-refractivity contribution in [3.8, 4) is 0 Å². The second-order valence-electron chi connectivity index (χ2n) is 5.28. The highest BCUT2D eigenvalue weighted by molar-refractivity contribution is 6.42. The summed E-state index contributed by atoms with van der Waals surface area (Å²) in [7, 11) is 0. The Bertz CT molecular complexity index is 777. The van der Waals surface area contributed by atoms with Crippen molar-refractivity contribution in [3.63, 3.8) is 0 Å². The fourth-order valence-corrected chi connectivity index (χ4v) is 2.81. The number of amides is 2. The fraction of sp³-hybridized carbons (Fsp3) is 0.176. The Labute approximate surface area is 144 Å². The Morgan fingerprint density at radius 3 is 2.61 bits per heavy atom. The van der Waals surface area contributed by atoms with Crippen molar-refractivity contribution < 1.29 is 9.59 Å². The molecule has 1 heterocycles. The zero-order valence-corrected chi connectivity index (χ0v) is 13.7. The molecule has 3 rings (SSSR count). The summed E-state index contributed by atoms with van der Waals surface area (Å²) in [6.45, 7) is 0.691. The van der Waals surface area contributed by atoms with Crippen molar-refractivity contribution in [2.24, 2.45) is 0 Å². The second kappa shape index (κ2) is 6.60. The lowest BCUT2D eigenvalue weighted by Crippen LogP contribution is -2.24. The molecule has 6 heteroatoms. The molecule has 23 heavy (non-hydrogen) atoms. The maximum Gasteiger partial charge on any atom is 0.255 e. The van der Waals surface area contributed by atoms with Crippen LogP contribution in [0.3, 0.4) is 0 Å². The maximum absolute atomic E-state index is 12.4. The van der Waals surface area contributed by atoms with Crippen molar-refractivity contribution in [3.05, 3.63) is 58.1 Å².